The van der Waals surface area contributed by atoms with Crippen molar-refractivity contribution in [2.45, 2.75) is 18.6 Å². The molecular weight excluding hydrogens is 263 g/mol. The zero-order chi connectivity index (χ0) is 13.3. The van der Waals surface area contributed by atoms with Crippen molar-refractivity contribution in [2.24, 2.45) is 0 Å². The lowest BCUT2D eigenvalue weighted by atomic mass is 10.0. The van der Waals surface area contributed by atoms with Crippen molar-refractivity contribution in [1.29, 1.82) is 0 Å². The molecule has 0 spiro atoms. The second kappa shape index (κ2) is 4.36. The summed E-state index contributed by atoms with van der Waals surface area (Å²) in [4.78, 5) is 17.7. The first kappa shape index (κ1) is 13.5. The molecule has 5 nitrogen and oxygen atoms in total. The molecule has 0 saturated heterocycles. The minimum absolute atomic E-state index is 0.148. The van der Waals surface area contributed by atoms with Crippen LogP contribution in [0, 0.1) is 0 Å². The number of hydrogen-bond donors (Lipinski definition) is 2. The number of nitrogens with zero attached hydrogens (tertiary/aromatic N) is 2. The number of hydrogen-bond acceptors (Lipinski definition) is 4. The maximum absolute atomic E-state index is 12.6. The summed E-state index contributed by atoms with van der Waals surface area (Å²) in [6, 6.07) is 0. The molecule has 1 aromatic heterocycles. The molecule has 0 fully saturated rings. The smallest absolute Gasteiger partial charge is 0.422 e. The van der Waals surface area contributed by atoms with Gasteiger partial charge in [-0.2, -0.15) is 13.2 Å². The van der Waals surface area contributed by atoms with Crippen molar-refractivity contribution in [3.05, 3.63) is 17.5 Å². The summed E-state index contributed by atoms with van der Waals surface area (Å²) in [6.45, 7) is 0.484. The number of carbonyl (C=O) groups is 1. The monoisotopic (exact) mass is 269 g/mol. The molecule has 2 N–H and O–H groups in total. The molecule has 0 bridgehead atoms. The molecule has 0 aliphatic heterocycles. The summed E-state index contributed by atoms with van der Waals surface area (Å²) in [7, 11) is 0. The molecule has 0 amide bonds. The SMILES string of the molecule is CC(Nc1cncc(Cl)n1)(C(=O)O)C(F)(F)F. The first-order valence-electron chi connectivity index (χ1n) is 4.22. The van der Waals surface area contributed by atoms with Gasteiger partial charge >= 0.3 is 12.1 Å². The van der Waals surface area contributed by atoms with Crippen LogP contribution in [0.25, 0.3) is 0 Å². The van der Waals surface area contributed by atoms with Crippen LogP contribution < -0.4 is 5.32 Å². The highest BCUT2D eigenvalue weighted by atomic mass is 35.5. The van der Waals surface area contributed by atoms with Gasteiger partial charge in [0.2, 0.25) is 5.54 Å². The van der Waals surface area contributed by atoms with Gasteiger partial charge in [-0.25, -0.2) is 9.78 Å². The molecule has 9 heteroatoms. The van der Waals surface area contributed by atoms with Crippen LogP contribution in [-0.2, 0) is 4.79 Å². The molecule has 0 radical (unpaired) electrons. The van der Waals surface area contributed by atoms with Gasteiger partial charge in [0.1, 0.15) is 11.0 Å². The standard InChI is InChI=1S/C8H7ClF3N3O2/c1-7(6(16)17,8(10,11)12)15-5-3-13-2-4(9)14-5/h2-3H,1H3,(H,14,15)(H,16,17). The van der Waals surface area contributed by atoms with Crippen molar-refractivity contribution in [2.75, 3.05) is 5.32 Å². The quantitative estimate of drug-likeness (QED) is 0.877. The third-order valence-corrected chi connectivity index (χ3v) is 2.16. The van der Waals surface area contributed by atoms with Crippen molar-refractivity contribution < 1.29 is 23.1 Å². The van der Waals surface area contributed by atoms with E-state index < -0.39 is 17.7 Å². The minimum atomic E-state index is -5.00. The maximum atomic E-state index is 12.6. The Morgan fingerprint density at radius 2 is 2.06 bits per heavy atom. The molecule has 0 aromatic carbocycles. The molecule has 1 atom stereocenters. The third kappa shape index (κ3) is 2.76. The first-order chi connectivity index (χ1) is 7.67. The van der Waals surface area contributed by atoms with Crippen LogP contribution in [0.2, 0.25) is 5.15 Å². The summed E-state index contributed by atoms with van der Waals surface area (Å²) in [5.41, 5.74) is -3.16. The Balaban J connectivity index is 3.08. The maximum Gasteiger partial charge on any atom is 0.422 e. The van der Waals surface area contributed by atoms with Crippen molar-refractivity contribution in [3.63, 3.8) is 0 Å². The average Bonchev–Trinajstić information content (AvgIpc) is 2.15. The minimum Gasteiger partial charge on any atom is -0.479 e. The summed E-state index contributed by atoms with van der Waals surface area (Å²) >= 11 is 5.43. The van der Waals surface area contributed by atoms with Gasteiger partial charge in [0.25, 0.3) is 0 Å². The third-order valence-electron chi connectivity index (χ3n) is 1.98. The highest BCUT2D eigenvalue weighted by Crippen LogP contribution is 2.33. The van der Waals surface area contributed by atoms with Gasteiger partial charge in [-0.15, -0.1) is 0 Å². The van der Waals surface area contributed by atoms with Crippen LogP contribution in [0.3, 0.4) is 0 Å². The van der Waals surface area contributed by atoms with Crippen LogP contribution in [0.15, 0.2) is 12.4 Å². The number of nitrogens with one attached hydrogen (secondary N) is 1. The Morgan fingerprint density at radius 1 is 1.47 bits per heavy atom. The number of aromatic nitrogens is 2. The molecule has 1 unspecified atom stereocenters. The van der Waals surface area contributed by atoms with Gasteiger partial charge in [-0.05, 0) is 6.92 Å². The van der Waals surface area contributed by atoms with Gasteiger partial charge in [0, 0.05) is 0 Å². The van der Waals surface area contributed by atoms with Gasteiger partial charge in [0.05, 0.1) is 12.4 Å². The lowest BCUT2D eigenvalue weighted by Gasteiger charge is -2.28. The second-order valence-corrected chi connectivity index (χ2v) is 3.67. The van der Waals surface area contributed by atoms with Gasteiger partial charge in [-0.1, -0.05) is 11.6 Å². The molecule has 94 valence electrons. The zero-order valence-electron chi connectivity index (χ0n) is 8.42. The largest absolute Gasteiger partial charge is 0.479 e. The molecule has 0 aliphatic rings. The van der Waals surface area contributed by atoms with E-state index in [-0.39, 0.29) is 11.0 Å². The Kier molecular flexibility index (Phi) is 3.46. The normalized spacial score (nSPS) is 15.1. The summed E-state index contributed by atoms with van der Waals surface area (Å²) in [5, 5.41) is 10.2. The summed E-state index contributed by atoms with van der Waals surface area (Å²) in [6.07, 6.45) is -2.94. The lowest BCUT2D eigenvalue weighted by molar-refractivity contribution is -0.192. The summed E-state index contributed by atoms with van der Waals surface area (Å²) in [5.74, 6) is -2.45. The Bertz CT molecular complexity index is 440. The van der Waals surface area contributed by atoms with E-state index in [1.165, 1.54) is 0 Å². The summed E-state index contributed by atoms with van der Waals surface area (Å²) < 4.78 is 37.9. The van der Waals surface area contributed by atoms with E-state index in [0.717, 1.165) is 12.4 Å². The van der Waals surface area contributed by atoms with Crippen LogP contribution in [0.5, 0.6) is 0 Å². The van der Waals surface area contributed by atoms with E-state index in [0.29, 0.717) is 6.92 Å². The molecule has 0 aliphatic carbocycles. The number of rotatable bonds is 3. The van der Waals surface area contributed by atoms with E-state index in [1.807, 2.05) is 0 Å². The number of carboxylic acids is 1. The number of anilines is 1. The Labute approximate surface area is 98.6 Å². The Hall–Kier alpha value is -1.57. The fraction of sp³-hybridized carbons (Fsp3) is 0.375. The predicted molar refractivity (Wildman–Crippen MR) is 52.8 cm³/mol. The first-order valence-corrected chi connectivity index (χ1v) is 4.60. The fourth-order valence-corrected chi connectivity index (χ4v) is 1.05. The van der Waals surface area contributed by atoms with E-state index in [1.54, 1.807) is 5.32 Å². The molecule has 0 saturated carbocycles. The van der Waals surface area contributed by atoms with E-state index >= 15 is 0 Å². The second-order valence-electron chi connectivity index (χ2n) is 3.28. The van der Waals surface area contributed by atoms with E-state index in [2.05, 4.69) is 9.97 Å². The lowest BCUT2D eigenvalue weighted by Crippen LogP contribution is -2.55. The van der Waals surface area contributed by atoms with Crippen LogP contribution in [0.4, 0.5) is 19.0 Å². The predicted octanol–water partition coefficient (Wildman–Crippen LogP) is 1.95. The zero-order valence-corrected chi connectivity index (χ0v) is 9.17. The molecule has 1 heterocycles. The highest BCUT2D eigenvalue weighted by molar-refractivity contribution is 6.29. The number of aliphatic carboxylic acids is 1. The van der Waals surface area contributed by atoms with Crippen molar-refractivity contribution >= 4 is 23.4 Å². The van der Waals surface area contributed by atoms with E-state index in [4.69, 9.17) is 16.7 Å². The van der Waals surface area contributed by atoms with Gasteiger partial charge in [0.15, 0.2) is 0 Å². The molecular formula is C8H7ClF3N3O2. The molecule has 1 aromatic rings. The Morgan fingerprint density at radius 3 is 2.47 bits per heavy atom. The van der Waals surface area contributed by atoms with Gasteiger partial charge < -0.3 is 10.4 Å². The number of carboxylic acid groups (broad SMARTS) is 1. The number of alkyl halides is 3. The molecule has 17 heavy (non-hydrogen) atoms. The van der Waals surface area contributed by atoms with Crippen molar-refractivity contribution in [1.82, 2.24) is 9.97 Å². The van der Waals surface area contributed by atoms with Crippen LogP contribution >= 0.6 is 11.6 Å². The van der Waals surface area contributed by atoms with Crippen molar-refractivity contribution in [3.8, 4) is 0 Å². The van der Waals surface area contributed by atoms with Crippen LogP contribution in [-0.4, -0.2) is 32.8 Å². The van der Waals surface area contributed by atoms with Gasteiger partial charge in [-0.3, -0.25) is 4.98 Å². The van der Waals surface area contributed by atoms with Crippen LogP contribution in [0.1, 0.15) is 6.92 Å². The topological polar surface area (TPSA) is 75.1 Å². The number of halogens is 4. The fourth-order valence-electron chi connectivity index (χ4n) is 0.904. The average molecular weight is 270 g/mol. The highest BCUT2D eigenvalue weighted by Gasteiger charge is 2.57. The van der Waals surface area contributed by atoms with E-state index in [9.17, 15) is 18.0 Å². The molecule has 1 rings (SSSR count).